The average Bonchev–Trinajstić information content (AvgIpc) is 2.82. The molecule has 0 aliphatic rings. The minimum absolute atomic E-state index is 0.0338. The zero-order chi connectivity index (χ0) is 12.3. The van der Waals surface area contributed by atoms with E-state index in [0.717, 1.165) is 18.7 Å². The molecule has 88 valence electrons. The van der Waals surface area contributed by atoms with Crippen LogP contribution in [-0.4, -0.2) is 21.0 Å². The molecule has 0 bridgehead atoms. The van der Waals surface area contributed by atoms with Crippen LogP contribution in [0.5, 0.6) is 0 Å². The maximum atomic E-state index is 12.9. The van der Waals surface area contributed by atoms with Crippen LogP contribution in [0.25, 0.3) is 0 Å². The van der Waals surface area contributed by atoms with Crippen LogP contribution in [-0.2, 0) is 6.54 Å². The van der Waals surface area contributed by atoms with Crippen molar-refractivity contribution in [2.45, 2.75) is 6.54 Å². The highest BCUT2D eigenvalue weighted by molar-refractivity contribution is 5.98. The summed E-state index contributed by atoms with van der Waals surface area (Å²) in [6.45, 7) is 0.0608. The maximum absolute atomic E-state index is 12.9. The summed E-state index contributed by atoms with van der Waals surface area (Å²) in [5.74, 6) is -0.929. The summed E-state index contributed by atoms with van der Waals surface area (Å²) in [6, 6.07) is 1.01. The highest BCUT2D eigenvalue weighted by Gasteiger charge is 2.12. The van der Waals surface area contributed by atoms with E-state index in [1.54, 1.807) is 0 Å². The number of rotatable bonds is 3. The van der Waals surface area contributed by atoms with Gasteiger partial charge in [-0.3, -0.25) is 4.79 Å². The van der Waals surface area contributed by atoms with Crippen molar-refractivity contribution < 1.29 is 13.7 Å². The first kappa shape index (κ1) is 11.0. The molecule has 1 amide bonds. The number of pyridine rings is 1. The molecule has 3 N–H and O–H groups in total. The number of carbonyl (C=O) groups excluding carboxylic acids is 1. The first-order valence-electron chi connectivity index (χ1n) is 4.61. The summed E-state index contributed by atoms with van der Waals surface area (Å²) in [6.07, 6.45) is 2.07. The molecule has 0 aliphatic heterocycles. The van der Waals surface area contributed by atoms with Crippen molar-refractivity contribution in [1.82, 2.24) is 20.4 Å². The number of halogens is 1. The SMILES string of the molecule is Nc1ncc(F)cc1C(=O)NCc1ncon1. The van der Waals surface area contributed by atoms with Gasteiger partial charge < -0.3 is 15.6 Å². The number of carbonyl (C=O) groups is 1. The van der Waals surface area contributed by atoms with Crippen molar-refractivity contribution >= 4 is 11.7 Å². The number of aromatic nitrogens is 3. The standard InChI is InChI=1S/C9H8FN5O2/c10-5-1-6(8(11)12-2-5)9(16)13-3-7-14-4-17-15-7/h1-2,4H,3H2,(H2,11,12)(H,13,16). The monoisotopic (exact) mass is 237 g/mol. The molecular formula is C9H8FN5O2. The Morgan fingerprint density at radius 3 is 3.06 bits per heavy atom. The van der Waals surface area contributed by atoms with Gasteiger partial charge in [0.2, 0.25) is 6.39 Å². The fraction of sp³-hybridized carbons (Fsp3) is 0.111. The number of nitrogen functional groups attached to an aromatic ring is 1. The van der Waals surface area contributed by atoms with E-state index in [1.165, 1.54) is 0 Å². The smallest absolute Gasteiger partial charge is 0.255 e. The van der Waals surface area contributed by atoms with Gasteiger partial charge in [0.05, 0.1) is 18.3 Å². The first-order chi connectivity index (χ1) is 8.16. The summed E-state index contributed by atoms with van der Waals surface area (Å²) >= 11 is 0. The summed E-state index contributed by atoms with van der Waals surface area (Å²) in [7, 11) is 0. The van der Waals surface area contributed by atoms with E-state index in [2.05, 4.69) is 25.0 Å². The van der Waals surface area contributed by atoms with E-state index in [-0.39, 0.29) is 17.9 Å². The van der Waals surface area contributed by atoms with Gasteiger partial charge >= 0.3 is 0 Å². The van der Waals surface area contributed by atoms with Crippen LogP contribution in [0.4, 0.5) is 10.2 Å². The Kier molecular flexibility index (Phi) is 2.95. The Morgan fingerprint density at radius 1 is 1.53 bits per heavy atom. The van der Waals surface area contributed by atoms with Crippen molar-refractivity contribution in [3.8, 4) is 0 Å². The summed E-state index contributed by atoms with van der Waals surface area (Å²) in [5, 5.41) is 5.96. The lowest BCUT2D eigenvalue weighted by Gasteiger charge is -2.04. The van der Waals surface area contributed by atoms with E-state index in [0.29, 0.717) is 5.82 Å². The second-order valence-electron chi connectivity index (χ2n) is 3.12. The maximum Gasteiger partial charge on any atom is 0.255 e. The second-order valence-corrected chi connectivity index (χ2v) is 3.12. The summed E-state index contributed by atoms with van der Waals surface area (Å²) in [4.78, 5) is 18.9. The number of nitrogens with two attached hydrogens (primary N) is 1. The van der Waals surface area contributed by atoms with Crippen LogP contribution in [0.1, 0.15) is 16.2 Å². The molecule has 7 nitrogen and oxygen atoms in total. The second kappa shape index (κ2) is 4.56. The van der Waals surface area contributed by atoms with Gasteiger partial charge in [-0.25, -0.2) is 9.37 Å². The van der Waals surface area contributed by atoms with Crippen LogP contribution in [0.3, 0.4) is 0 Å². The zero-order valence-electron chi connectivity index (χ0n) is 8.55. The molecule has 17 heavy (non-hydrogen) atoms. The molecule has 0 saturated carbocycles. The topological polar surface area (TPSA) is 107 Å². The third kappa shape index (κ3) is 2.54. The van der Waals surface area contributed by atoms with Gasteiger partial charge in [0, 0.05) is 0 Å². The summed E-state index contributed by atoms with van der Waals surface area (Å²) < 4.78 is 17.4. The predicted molar refractivity (Wildman–Crippen MR) is 54.1 cm³/mol. The largest absolute Gasteiger partial charge is 0.383 e. The molecule has 0 radical (unpaired) electrons. The average molecular weight is 237 g/mol. The normalized spacial score (nSPS) is 10.2. The fourth-order valence-electron chi connectivity index (χ4n) is 1.16. The fourth-order valence-corrected chi connectivity index (χ4v) is 1.16. The zero-order valence-corrected chi connectivity index (χ0v) is 8.55. The lowest BCUT2D eigenvalue weighted by Crippen LogP contribution is -2.24. The Morgan fingerprint density at radius 2 is 2.35 bits per heavy atom. The minimum atomic E-state index is -0.635. The molecule has 2 heterocycles. The third-order valence-corrected chi connectivity index (χ3v) is 1.94. The van der Waals surface area contributed by atoms with E-state index in [4.69, 9.17) is 5.73 Å². The number of nitrogens with one attached hydrogen (secondary N) is 1. The molecule has 0 spiro atoms. The van der Waals surface area contributed by atoms with Gasteiger partial charge in [-0.1, -0.05) is 5.16 Å². The summed E-state index contributed by atoms with van der Waals surface area (Å²) in [5.41, 5.74) is 5.42. The Bertz CT molecular complexity index is 528. The Labute approximate surface area is 94.8 Å². The number of hydrogen-bond donors (Lipinski definition) is 2. The lowest BCUT2D eigenvalue weighted by molar-refractivity contribution is 0.0950. The van der Waals surface area contributed by atoms with Crippen LogP contribution >= 0.6 is 0 Å². The van der Waals surface area contributed by atoms with Crippen LogP contribution in [0.15, 0.2) is 23.2 Å². The predicted octanol–water partition coefficient (Wildman–Crippen LogP) is 0.116. The van der Waals surface area contributed by atoms with Crippen LogP contribution in [0.2, 0.25) is 0 Å². The molecule has 0 aliphatic carbocycles. The highest BCUT2D eigenvalue weighted by Crippen LogP contribution is 2.09. The van der Waals surface area contributed by atoms with Crippen molar-refractivity contribution in [2.75, 3.05) is 5.73 Å². The van der Waals surface area contributed by atoms with Gasteiger partial charge in [0.15, 0.2) is 5.82 Å². The molecule has 0 atom stereocenters. The molecule has 0 saturated heterocycles. The highest BCUT2D eigenvalue weighted by atomic mass is 19.1. The molecule has 2 rings (SSSR count). The third-order valence-electron chi connectivity index (χ3n) is 1.94. The first-order valence-corrected chi connectivity index (χ1v) is 4.61. The van der Waals surface area contributed by atoms with E-state index >= 15 is 0 Å². The van der Waals surface area contributed by atoms with Gasteiger partial charge in [-0.05, 0) is 6.07 Å². The van der Waals surface area contributed by atoms with Crippen molar-refractivity contribution in [2.24, 2.45) is 0 Å². The quantitative estimate of drug-likeness (QED) is 0.784. The Hall–Kier alpha value is -2.51. The van der Waals surface area contributed by atoms with Crippen molar-refractivity contribution in [3.05, 3.63) is 35.9 Å². The number of nitrogens with zero attached hydrogens (tertiary/aromatic N) is 3. The number of hydrogen-bond acceptors (Lipinski definition) is 6. The van der Waals surface area contributed by atoms with E-state index in [1.807, 2.05) is 0 Å². The molecule has 0 fully saturated rings. The molecule has 8 heteroatoms. The molecule has 0 unspecified atom stereocenters. The van der Waals surface area contributed by atoms with Gasteiger partial charge in [0.25, 0.3) is 5.91 Å². The van der Waals surface area contributed by atoms with Gasteiger partial charge in [0.1, 0.15) is 11.6 Å². The lowest BCUT2D eigenvalue weighted by atomic mass is 10.2. The van der Waals surface area contributed by atoms with Crippen molar-refractivity contribution in [1.29, 1.82) is 0 Å². The van der Waals surface area contributed by atoms with E-state index in [9.17, 15) is 9.18 Å². The molecule has 0 aromatic carbocycles. The minimum Gasteiger partial charge on any atom is -0.383 e. The van der Waals surface area contributed by atoms with Crippen LogP contribution in [0, 0.1) is 5.82 Å². The Balaban J connectivity index is 2.07. The molecular weight excluding hydrogens is 229 g/mol. The van der Waals surface area contributed by atoms with E-state index < -0.39 is 11.7 Å². The number of amides is 1. The van der Waals surface area contributed by atoms with Gasteiger partial charge in [-0.2, -0.15) is 4.98 Å². The van der Waals surface area contributed by atoms with Crippen LogP contribution < -0.4 is 11.1 Å². The van der Waals surface area contributed by atoms with Crippen molar-refractivity contribution in [3.63, 3.8) is 0 Å². The number of anilines is 1. The molecule has 2 aromatic heterocycles. The van der Waals surface area contributed by atoms with Gasteiger partial charge in [-0.15, -0.1) is 0 Å². The molecule has 2 aromatic rings.